The average molecular weight is 333 g/mol. The zero-order chi connectivity index (χ0) is 18.3. The maximum atomic E-state index is 12.1. The van der Waals surface area contributed by atoms with Crippen LogP contribution in [-0.4, -0.2) is 64.2 Å². The Hall–Kier alpha value is -2.20. The zero-order valence-corrected chi connectivity index (χ0v) is 13.6. The highest BCUT2D eigenvalue weighted by Crippen LogP contribution is 1.96. The van der Waals surface area contributed by atoms with Crippen LogP contribution in [0.1, 0.15) is 27.7 Å². The number of hydrogen-bond donors (Lipinski definition) is 6. The Bertz CT molecular complexity index is 465. The number of hydrogen-bond acceptors (Lipinski definition) is 5. The lowest BCUT2D eigenvalue weighted by atomic mass is 10.1. The van der Waals surface area contributed by atoms with E-state index in [9.17, 15) is 24.3 Å². The van der Waals surface area contributed by atoms with Gasteiger partial charge in [-0.25, -0.2) is 0 Å². The third kappa shape index (κ3) is 7.06. The smallest absolute Gasteiger partial charge is 0.325 e. The molecule has 0 aromatic carbocycles. The molecule has 0 unspecified atom stereocenters. The lowest BCUT2D eigenvalue weighted by Crippen LogP contribution is -2.68. The number of aliphatic hydroxyl groups is 1. The molecule has 132 valence electrons. The van der Waals surface area contributed by atoms with Crippen molar-refractivity contribution >= 4 is 23.7 Å². The van der Waals surface area contributed by atoms with Gasteiger partial charge in [0.2, 0.25) is 11.8 Å². The molecule has 0 aliphatic carbocycles. The van der Waals surface area contributed by atoms with Crippen LogP contribution in [0, 0.1) is 0 Å². The molecular formula is C13H25N4O6+. The van der Waals surface area contributed by atoms with E-state index in [0.29, 0.717) is 0 Å². The molecule has 0 heterocycles. The molecule has 0 bridgehead atoms. The Labute approximate surface area is 133 Å². The van der Waals surface area contributed by atoms with Gasteiger partial charge in [-0.2, -0.15) is 0 Å². The van der Waals surface area contributed by atoms with Crippen LogP contribution in [0.2, 0.25) is 0 Å². The van der Waals surface area contributed by atoms with Crippen molar-refractivity contribution in [2.45, 2.75) is 58.0 Å². The van der Waals surface area contributed by atoms with E-state index in [0.717, 1.165) is 0 Å². The number of carboxylic acid groups (broad SMARTS) is 1. The van der Waals surface area contributed by atoms with Gasteiger partial charge in [-0.1, -0.05) is 0 Å². The van der Waals surface area contributed by atoms with Gasteiger partial charge >= 0.3 is 5.97 Å². The molecular weight excluding hydrogens is 308 g/mol. The molecule has 0 aliphatic heterocycles. The fourth-order valence-electron chi connectivity index (χ4n) is 1.47. The topological polar surface area (TPSA) is 172 Å². The molecule has 5 atom stereocenters. The predicted molar refractivity (Wildman–Crippen MR) is 78.8 cm³/mol. The molecule has 0 saturated heterocycles. The minimum Gasteiger partial charge on any atom is -0.480 e. The highest BCUT2D eigenvalue weighted by Gasteiger charge is 2.30. The number of amides is 3. The summed E-state index contributed by atoms with van der Waals surface area (Å²) in [5.41, 5.74) is 3.50. The Balaban J connectivity index is 4.76. The fourth-order valence-corrected chi connectivity index (χ4v) is 1.47. The first kappa shape index (κ1) is 20.8. The molecule has 0 aromatic heterocycles. The van der Waals surface area contributed by atoms with Crippen LogP contribution in [0.15, 0.2) is 0 Å². The molecule has 0 saturated carbocycles. The normalized spacial score (nSPS) is 17.1. The van der Waals surface area contributed by atoms with E-state index < -0.39 is 54.0 Å². The van der Waals surface area contributed by atoms with Crippen molar-refractivity contribution in [3.8, 4) is 0 Å². The molecule has 0 fully saturated rings. The number of aliphatic hydroxyl groups excluding tert-OH is 1. The van der Waals surface area contributed by atoms with Crippen LogP contribution >= 0.6 is 0 Å². The van der Waals surface area contributed by atoms with Crippen molar-refractivity contribution in [3.05, 3.63) is 0 Å². The first-order chi connectivity index (χ1) is 10.5. The number of carbonyl (C=O) groups excluding carboxylic acids is 3. The molecule has 10 nitrogen and oxygen atoms in total. The highest BCUT2D eigenvalue weighted by molar-refractivity contribution is 5.93. The van der Waals surface area contributed by atoms with Crippen molar-refractivity contribution in [2.75, 3.05) is 0 Å². The molecule has 0 aromatic rings. The van der Waals surface area contributed by atoms with E-state index in [1.807, 2.05) is 0 Å². The summed E-state index contributed by atoms with van der Waals surface area (Å²) in [5, 5.41) is 25.2. The summed E-state index contributed by atoms with van der Waals surface area (Å²) in [6.45, 7) is 5.47. The third-order valence-electron chi connectivity index (χ3n) is 2.99. The monoisotopic (exact) mass is 333 g/mol. The number of carboxylic acids is 1. The molecule has 0 radical (unpaired) electrons. The van der Waals surface area contributed by atoms with E-state index in [1.165, 1.54) is 27.7 Å². The Morgan fingerprint density at radius 3 is 1.70 bits per heavy atom. The molecule has 10 heteroatoms. The molecule has 8 N–H and O–H groups in total. The van der Waals surface area contributed by atoms with Gasteiger partial charge < -0.3 is 31.9 Å². The van der Waals surface area contributed by atoms with Gasteiger partial charge in [0.1, 0.15) is 18.1 Å². The van der Waals surface area contributed by atoms with Crippen molar-refractivity contribution in [3.63, 3.8) is 0 Å². The second-order valence-corrected chi connectivity index (χ2v) is 5.43. The number of quaternary nitrogens is 1. The van der Waals surface area contributed by atoms with Crippen molar-refractivity contribution in [2.24, 2.45) is 0 Å². The van der Waals surface area contributed by atoms with Gasteiger partial charge in [0, 0.05) is 0 Å². The van der Waals surface area contributed by atoms with Crippen LogP contribution in [0.4, 0.5) is 0 Å². The van der Waals surface area contributed by atoms with Crippen LogP contribution in [0.25, 0.3) is 0 Å². The second-order valence-electron chi connectivity index (χ2n) is 5.43. The lowest BCUT2D eigenvalue weighted by Gasteiger charge is -2.23. The van der Waals surface area contributed by atoms with Crippen molar-refractivity contribution in [1.29, 1.82) is 0 Å². The van der Waals surface area contributed by atoms with Gasteiger partial charge in [-0.05, 0) is 27.7 Å². The summed E-state index contributed by atoms with van der Waals surface area (Å²) in [6.07, 6.45) is -1.19. The molecule has 0 spiro atoms. The van der Waals surface area contributed by atoms with Gasteiger partial charge in [0.15, 0.2) is 6.04 Å². The minimum atomic E-state index is -1.25. The predicted octanol–water partition coefficient (Wildman–Crippen LogP) is -3.42. The Morgan fingerprint density at radius 2 is 1.30 bits per heavy atom. The number of nitrogens with one attached hydrogen (secondary N) is 3. The van der Waals surface area contributed by atoms with Gasteiger partial charge in [0.25, 0.3) is 5.91 Å². The van der Waals surface area contributed by atoms with Crippen molar-refractivity contribution in [1.82, 2.24) is 16.0 Å². The average Bonchev–Trinajstić information content (AvgIpc) is 2.43. The first-order valence-corrected chi connectivity index (χ1v) is 7.12. The maximum absolute atomic E-state index is 12.1. The summed E-state index contributed by atoms with van der Waals surface area (Å²) >= 11 is 0. The van der Waals surface area contributed by atoms with E-state index in [-0.39, 0.29) is 0 Å². The molecule has 0 rings (SSSR count). The summed E-state index contributed by atoms with van der Waals surface area (Å²) in [6, 6.07) is -4.03. The van der Waals surface area contributed by atoms with E-state index in [1.54, 1.807) is 0 Å². The second kappa shape index (κ2) is 9.06. The number of carbonyl (C=O) groups is 4. The van der Waals surface area contributed by atoms with Gasteiger partial charge in [-0.15, -0.1) is 0 Å². The standard InChI is InChI=1S/C13H24N4O6/c1-5(14)10(19)17-9(8(4)18)12(21)15-6(2)11(20)16-7(3)13(22)23/h5-9,18H,14H2,1-4H3,(H,15,21)(H,16,20)(H,17,19)(H,22,23)/p+1/t5-,6-,7-,8+,9-/m0/s1. The quantitative estimate of drug-likeness (QED) is 0.270. The third-order valence-corrected chi connectivity index (χ3v) is 2.99. The SMILES string of the molecule is C[C@H]([NH3+])C(=O)N[C@H](C(=O)N[C@@H](C)C(=O)N[C@@H](C)C(=O)O)[C@@H](C)O. The summed E-state index contributed by atoms with van der Waals surface area (Å²) in [7, 11) is 0. The van der Waals surface area contributed by atoms with Crippen molar-refractivity contribution < 1.29 is 35.1 Å². The van der Waals surface area contributed by atoms with Crippen LogP contribution < -0.4 is 21.7 Å². The zero-order valence-electron chi connectivity index (χ0n) is 13.6. The summed E-state index contributed by atoms with van der Waals surface area (Å²) in [4.78, 5) is 46.1. The summed E-state index contributed by atoms with van der Waals surface area (Å²) in [5.74, 6) is -3.20. The van der Waals surface area contributed by atoms with Crippen LogP contribution in [-0.2, 0) is 19.2 Å². The molecule has 3 amide bonds. The van der Waals surface area contributed by atoms with E-state index in [4.69, 9.17) is 5.11 Å². The van der Waals surface area contributed by atoms with E-state index in [2.05, 4.69) is 21.7 Å². The first-order valence-electron chi connectivity index (χ1n) is 7.12. The maximum Gasteiger partial charge on any atom is 0.325 e. The molecule has 23 heavy (non-hydrogen) atoms. The van der Waals surface area contributed by atoms with Crippen LogP contribution in [0.3, 0.4) is 0 Å². The fraction of sp³-hybridized carbons (Fsp3) is 0.692. The Kier molecular flexibility index (Phi) is 8.19. The number of rotatable bonds is 8. The van der Waals surface area contributed by atoms with E-state index >= 15 is 0 Å². The lowest BCUT2D eigenvalue weighted by molar-refractivity contribution is -0.398. The largest absolute Gasteiger partial charge is 0.480 e. The highest BCUT2D eigenvalue weighted by atomic mass is 16.4. The van der Waals surface area contributed by atoms with Crippen LogP contribution in [0.5, 0.6) is 0 Å². The minimum absolute atomic E-state index is 0.525. The summed E-state index contributed by atoms with van der Waals surface area (Å²) < 4.78 is 0. The van der Waals surface area contributed by atoms with Gasteiger partial charge in [-0.3, -0.25) is 19.2 Å². The Morgan fingerprint density at radius 1 is 0.826 bits per heavy atom. The molecule has 0 aliphatic rings. The number of aliphatic carboxylic acids is 1. The van der Waals surface area contributed by atoms with Gasteiger partial charge in [0.05, 0.1) is 6.10 Å².